The molecule has 0 aliphatic rings. The molecule has 0 unspecified atom stereocenters. The maximum atomic E-state index is 14.2. The minimum Gasteiger partial charge on any atom is -0.480 e. The second kappa shape index (κ2) is 10.2. The highest BCUT2D eigenvalue weighted by atomic mass is 35.5. The van der Waals surface area contributed by atoms with Crippen molar-refractivity contribution < 1.29 is 21.9 Å². The number of hydrogen-bond donors (Lipinski definition) is 2. The van der Waals surface area contributed by atoms with Crippen molar-refractivity contribution in [1.82, 2.24) is 14.5 Å². The minimum absolute atomic E-state index is 0.0555. The molecule has 0 aliphatic heterocycles. The Labute approximate surface area is 231 Å². The number of para-hydroxylation sites is 1. The fraction of sp³-hybridized carbons (Fsp3) is 0.0741. The number of fused-ring (bicyclic) bond motifs is 1. The first-order chi connectivity index (χ1) is 19.0. The van der Waals surface area contributed by atoms with E-state index in [0.717, 1.165) is 12.1 Å². The summed E-state index contributed by atoms with van der Waals surface area (Å²) in [7, 11) is -3.21. The summed E-state index contributed by atoms with van der Waals surface area (Å²) in [5.74, 6) is -2.28. The van der Waals surface area contributed by atoms with Crippen LogP contribution >= 0.6 is 11.6 Å². The number of ether oxygens (including phenoxy) is 1. The Kier molecular flexibility index (Phi) is 6.90. The van der Waals surface area contributed by atoms with Crippen LogP contribution in [0, 0.1) is 18.6 Å². The van der Waals surface area contributed by atoms with Crippen molar-refractivity contribution in [3.8, 4) is 22.7 Å². The van der Waals surface area contributed by atoms with Crippen LogP contribution in [0.4, 0.5) is 20.4 Å². The van der Waals surface area contributed by atoms with E-state index in [1.165, 1.54) is 30.0 Å². The number of nitrogens with one attached hydrogen (secondary N) is 1. The van der Waals surface area contributed by atoms with Crippen molar-refractivity contribution in [3.05, 3.63) is 99.4 Å². The number of methoxy groups -OCH3 is 1. The molecule has 0 radical (unpaired) electrons. The van der Waals surface area contributed by atoms with Gasteiger partial charge in [0.1, 0.15) is 16.5 Å². The number of nitrogens with two attached hydrogens (primary N) is 1. The van der Waals surface area contributed by atoms with Crippen LogP contribution in [-0.4, -0.2) is 30.1 Å². The van der Waals surface area contributed by atoms with E-state index in [-0.39, 0.29) is 17.2 Å². The lowest BCUT2D eigenvalue weighted by Gasteiger charge is -2.15. The molecule has 3 N–H and O–H groups in total. The smallest absolute Gasteiger partial charge is 0.267 e. The maximum absolute atomic E-state index is 14.2. The van der Waals surface area contributed by atoms with Crippen molar-refractivity contribution in [2.24, 2.45) is 0 Å². The highest BCUT2D eigenvalue weighted by molar-refractivity contribution is 7.92. The summed E-state index contributed by atoms with van der Waals surface area (Å²) in [5.41, 5.74) is 7.34. The molecule has 2 aromatic heterocycles. The fourth-order valence-corrected chi connectivity index (χ4v) is 5.73. The van der Waals surface area contributed by atoms with Gasteiger partial charge in [0.15, 0.2) is 0 Å². The van der Waals surface area contributed by atoms with E-state index >= 15 is 0 Å². The lowest BCUT2D eigenvalue weighted by Crippen LogP contribution is -2.24. The number of hydrogen-bond acceptors (Lipinski definition) is 7. The summed E-state index contributed by atoms with van der Waals surface area (Å²) in [5, 5.41) is 0.503. The third-order valence-electron chi connectivity index (χ3n) is 6.12. The van der Waals surface area contributed by atoms with Gasteiger partial charge in [0.05, 0.1) is 34.4 Å². The molecule has 0 amide bonds. The first-order valence-electron chi connectivity index (χ1n) is 11.6. The van der Waals surface area contributed by atoms with Gasteiger partial charge in [-0.15, -0.1) is 0 Å². The molecule has 0 atom stereocenters. The number of halogens is 3. The summed E-state index contributed by atoms with van der Waals surface area (Å²) in [4.78, 5) is 21.6. The van der Waals surface area contributed by atoms with E-state index in [0.29, 0.717) is 39.0 Å². The molecule has 204 valence electrons. The Morgan fingerprint density at radius 1 is 1.05 bits per heavy atom. The Hall–Kier alpha value is -4.55. The Morgan fingerprint density at radius 2 is 1.82 bits per heavy atom. The van der Waals surface area contributed by atoms with Gasteiger partial charge < -0.3 is 10.5 Å². The molecular formula is C27H20ClF2N5O4S. The topological polar surface area (TPSA) is 129 Å². The van der Waals surface area contributed by atoms with E-state index in [4.69, 9.17) is 22.1 Å². The van der Waals surface area contributed by atoms with Crippen LogP contribution in [0.25, 0.3) is 27.7 Å². The average Bonchev–Trinajstić information content (AvgIpc) is 2.91. The van der Waals surface area contributed by atoms with Crippen molar-refractivity contribution in [2.75, 3.05) is 17.6 Å². The molecule has 9 nitrogen and oxygen atoms in total. The maximum Gasteiger partial charge on any atom is 0.267 e. The monoisotopic (exact) mass is 583 g/mol. The summed E-state index contributed by atoms with van der Waals surface area (Å²) in [6, 6.07) is 13.6. The van der Waals surface area contributed by atoms with Gasteiger partial charge in [-0.05, 0) is 54.4 Å². The minimum atomic E-state index is -4.44. The number of aryl methyl sites for hydroxylation is 1. The van der Waals surface area contributed by atoms with Crippen molar-refractivity contribution >= 4 is 44.2 Å². The quantitative estimate of drug-likeness (QED) is 0.285. The molecule has 0 fully saturated rings. The number of pyridine rings is 1. The largest absolute Gasteiger partial charge is 0.480 e. The van der Waals surface area contributed by atoms with E-state index < -0.39 is 37.8 Å². The molecule has 5 rings (SSSR count). The predicted octanol–water partition coefficient (Wildman–Crippen LogP) is 5.08. The third kappa shape index (κ3) is 4.82. The zero-order chi connectivity index (χ0) is 28.8. The molecule has 0 spiro atoms. The summed E-state index contributed by atoms with van der Waals surface area (Å²) >= 11 is 6.38. The van der Waals surface area contributed by atoms with Gasteiger partial charge in [-0.3, -0.25) is 9.52 Å². The van der Waals surface area contributed by atoms with Gasteiger partial charge in [0.25, 0.3) is 15.6 Å². The second-order valence-electron chi connectivity index (χ2n) is 8.71. The second-order valence-corrected chi connectivity index (χ2v) is 10.8. The number of benzene rings is 3. The van der Waals surface area contributed by atoms with Gasteiger partial charge in [-0.1, -0.05) is 29.8 Å². The van der Waals surface area contributed by atoms with Crippen molar-refractivity contribution in [1.29, 1.82) is 0 Å². The van der Waals surface area contributed by atoms with Gasteiger partial charge in [0, 0.05) is 17.8 Å². The first-order valence-corrected chi connectivity index (χ1v) is 13.5. The van der Waals surface area contributed by atoms with E-state index in [9.17, 15) is 22.0 Å². The molecule has 40 heavy (non-hydrogen) atoms. The number of aromatic nitrogens is 3. The lowest BCUT2D eigenvalue weighted by molar-refractivity contribution is 0.385. The van der Waals surface area contributed by atoms with Crippen molar-refractivity contribution in [2.45, 2.75) is 11.8 Å². The van der Waals surface area contributed by atoms with E-state index in [1.54, 1.807) is 37.3 Å². The molecule has 0 aliphatic carbocycles. The van der Waals surface area contributed by atoms with Crippen LogP contribution in [0.2, 0.25) is 5.02 Å². The molecule has 2 heterocycles. The zero-order valence-corrected chi connectivity index (χ0v) is 22.5. The molecule has 0 saturated heterocycles. The zero-order valence-electron chi connectivity index (χ0n) is 20.9. The number of sulfonamides is 1. The number of rotatable bonds is 6. The SMILES string of the molecule is COc1ncc(-c2ccc3nc(N)n(-c4c(C)cccc4Cl)c(=O)c3c2)cc1S(=O)(=O)Nc1ccc(F)cc1F. The Morgan fingerprint density at radius 3 is 2.52 bits per heavy atom. The van der Waals surface area contributed by atoms with E-state index in [1.807, 2.05) is 0 Å². The summed E-state index contributed by atoms with van der Waals surface area (Å²) in [6.45, 7) is 1.78. The number of nitrogens with zero attached hydrogens (tertiary/aromatic N) is 3. The van der Waals surface area contributed by atoms with Crippen LogP contribution < -0.4 is 20.8 Å². The summed E-state index contributed by atoms with van der Waals surface area (Å²) in [6.07, 6.45) is 1.36. The van der Waals surface area contributed by atoms with E-state index in [2.05, 4.69) is 14.7 Å². The first kappa shape index (κ1) is 27.0. The third-order valence-corrected chi connectivity index (χ3v) is 7.78. The lowest BCUT2D eigenvalue weighted by atomic mass is 10.1. The molecule has 13 heteroatoms. The molecule has 0 bridgehead atoms. The predicted molar refractivity (Wildman–Crippen MR) is 148 cm³/mol. The normalized spacial score (nSPS) is 11.5. The van der Waals surface area contributed by atoms with Crippen LogP contribution in [0.5, 0.6) is 5.88 Å². The van der Waals surface area contributed by atoms with Gasteiger partial charge in [0.2, 0.25) is 11.8 Å². The fourth-order valence-electron chi connectivity index (χ4n) is 4.21. The average molecular weight is 584 g/mol. The standard InChI is InChI=1S/C27H20ClF2N5O4S/c1-14-4-3-5-19(28)24(14)35-26(36)18-10-15(6-8-21(18)33-27(35)31)16-11-23(25(39-2)32-13-16)40(37,38)34-22-9-7-17(29)12-20(22)30/h3-13,34H,1-2H3,(H2,31,33). The molecule has 5 aromatic rings. The Bertz CT molecular complexity index is 1960. The van der Waals surface area contributed by atoms with Crippen LogP contribution in [0.15, 0.2) is 76.6 Å². The van der Waals surface area contributed by atoms with Crippen LogP contribution in [-0.2, 0) is 10.0 Å². The highest BCUT2D eigenvalue weighted by Gasteiger charge is 2.24. The van der Waals surface area contributed by atoms with Gasteiger partial charge in [-0.2, -0.15) is 0 Å². The Balaban J connectivity index is 1.64. The number of nitrogen functional groups attached to an aromatic ring is 1. The number of anilines is 2. The van der Waals surface area contributed by atoms with Gasteiger partial charge >= 0.3 is 0 Å². The highest BCUT2D eigenvalue weighted by Crippen LogP contribution is 2.31. The van der Waals surface area contributed by atoms with Crippen molar-refractivity contribution in [3.63, 3.8) is 0 Å². The molecule has 0 saturated carbocycles. The van der Waals surface area contributed by atoms with Crippen LogP contribution in [0.1, 0.15) is 5.56 Å². The molecule has 3 aromatic carbocycles. The summed E-state index contributed by atoms with van der Waals surface area (Å²) < 4.78 is 62.3. The van der Waals surface area contributed by atoms with Gasteiger partial charge in [-0.25, -0.2) is 31.7 Å². The van der Waals surface area contributed by atoms with Crippen LogP contribution in [0.3, 0.4) is 0 Å². The molecular weight excluding hydrogens is 564 g/mol.